The molecule has 268 valence electrons. The molecular formula is C37H41Cl2N7O4S. The first-order valence-corrected chi connectivity index (χ1v) is 19.7. The van der Waals surface area contributed by atoms with Gasteiger partial charge in [0.05, 0.1) is 17.9 Å². The number of sulfone groups is 1. The van der Waals surface area contributed by atoms with Crippen LogP contribution < -0.4 is 4.74 Å². The Balaban J connectivity index is 1.48. The Kier molecular flexibility index (Phi) is 10.7. The number of rotatable bonds is 10. The number of amides is 2. The van der Waals surface area contributed by atoms with Crippen molar-refractivity contribution < 1.29 is 17.9 Å². The average molecular weight is 751 g/mol. The van der Waals surface area contributed by atoms with E-state index < -0.39 is 20.9 Å². The first-order valence-electron chi connectivity index (χ1n) is 16.9. The second kappa shape index (κ2) is 14.9. The van der Waals surface area contributed by atoms with Gasteiger partial charge in [-0.15, -0.1) is 0 Å². The number of piperazine rings is 1. The van der Waals surface area contributed by atoms with Gasteiger partial charge < -0.3 is 9.64 Å². The number of aliphatic imine (C=N–C) groups is 1. The van der Waals surface area contributed by atoms with E-state index in [1.165, 1.54) is 6.26 Å². The predicted molar refractivity (Wildman–Crippen MR) is 200 cm³/mol. The molecule has 0 radical (unpaired) electrons. The fourth-order valence-corrected chi connectivity index (χ4v) is 7.73. The van der Waals surface area contributed by atoms with Crippen LogP contribution in [0, 0.1) is 0 Å². The number of ether oxygens (including phenoxy) is 1. The Morgan fingerprint density at radius 1 is 0.922 bits per heavy atom. The van der Waals surface area contributed by atoms with Crippen LogP contribution in [0.25, 0.3) is 11.4 Å². The zero-order chi connectivity index (χ0) is 36.4. The molecule has 0 N–H and O–H groups in total. The van der Waals surface area contributed by atoms with E-state index in [0.29, 0.717) is 73.0 Å². The van der Waals surface area contributed by atoms with Crippen molar-refractivity contribution in [3.8, 4) is 17.3 Å². The van der Waals surface area contributed by atoms with Crippen LogP contribution in [-0.4, -0.2) is 101 Å². The summed E-state index contributed by atoms with van der Waals surface area (Å²) in [5.41, 5.74) is 0.735. The summed E-state index contributed by atoms with van der Waals surface area (Å²) in [5, 5.41) is 1.15. The molecule has 0 unspecified atom stereocenters. The van der Waals surface area contributed by atoms with Crippen molar-refractivity contribution in [2.24, 2.45) is 4.99 Å². The normalized spacial score (nSPS) is 21.1. The Hall–Kier alpha value is -4.10. The number of hydrogen-bond acceptors (Lipinski definition) is 9. The molecule has 0 bridgehead atoms. The number of carbonyl (C=O) groups excluding carboxylic acids is 1. The van der Waals surface area contributed by atoms with Gasteiger partial charge in [-0.3, -0.25) is 19.8 Å². The van der Waals surface area contributed by atoms with Gasteiger partial charge in [-0.1, -0.05) is 47.5 Å². The lowest BCUT2D eigenvalue weighted by atomic mass is 9.71. The Morgan fingerprint density at radius 2 is 1.57 bits per heavy atom. The van der Waals surface area contributed by atoms with Gasteiger partial charge >= 0.3 is 6.03 Å². The first kappa shape index (κ1) is 36.7. The van der Waals surface area contributed by atoms with Crippen LogP contribution in [0.5, 0.6) is 5.88 Å². The Labute approximate surface area is 309 Å². The molecule has 2 aromatic carbocycles. The van der Waals surface area contributed by atoms with Gasteiger partial charge in [0.15, 0.2) is 5.82 Å². The Bertz CT molecular complexity index is 2010. The number of carbonyl (C=O) groups is 1. The number of benzene rings is 2. The lowest BCUT2D eigenvalue weighted by Crippen LogP contribution is -2.60. The maximum Gasteiger partial charge on any atom is 0.326 e. The third-order valence-electron chi connectivity index (χ3n) is 9.77. The monoisotopic (exact) mass is 749 g/mol. The molecule has 2 aromatic heterocycles. The summed E-state index contributed by atoms with van der Waals surface area (Å²) >= 11 is 12.8. The van der Waals surface area contributed by atoms with E-state index in [1.54, 1.807) is 23.5 Å². The molecule has 1 saturated heterocycles. The minimum absolute atomic E-state index is 0.131. The number of pyridine rings is 1. The number of nitrogens with zero attached hydrogens (tertiary/aromatic N) is 7. The third kappa shape index (κ3) is 7.46. The molecule has 2 aliphatic rings. The van der Waals surface area contributed by atoms with E-state index in [1.807, 2.05) is 86.3 Å². The van der Waals surface area contributed by atoms with E-state index in [-0.39, 0.29) is 17.7 Å². The van der Waals surface area contributed by atoms with Crippen LogP contribution >= 0.6 is 23.2 Å². The van der Waals surface area contributed by atoms with Crippen molar-refractivity contribution in [3.63, 3.8) is 0 Å². The minimum atomic E-state index is -3.05. The molecule has 14 heteroatoms. The van der Waals surface area contributed by atoms with Gasteiger partial charge in [0, 0.05) is 66.6 Å². The van der Waals surface area contributed by atoms with E-state index in [2.05, 4.69) is 9.88 Å². The van der Waals surface area contributed by atoms with E-state index in [4.69, 9.17) is 42.9 Å². The summed E-state index contributed by atoms with van der Waals surface area (Å²) in [6.45, 7) is 8.98. The van der Waals surface area contributed by atoms with Crippen LogP contribution in [0.2, 0.25) is 10.0 Å². The number of aromatic nitrogens is 3. The molecule has 2 amide bonds. The fourth-order valence-electron chi connectivity index (χ4n) is 6.82. The van der Waals surface area contributed by atoms with Crippen molar-refractivity contribution in [3.05, 3.63) is 106 Å². The molecular weight excluding hydrogens is 709 g/mol. The van der Waals surface area contributed by atoms with Crippen molar-refractivity contribution in [2.45, 2.75) is 38.3 Å². The summed E-state index contributed by atoms with van der Waals surface area (Å²) in [6, 6.07) is 18.5. The van der Waals surface area contributed by atoms with Crippen molar-refractivity contribution in [1.82, 2.24) is 29.7 Å². The largest absolute Gasteiger partial charge is 0.477 e. The van der Waals surface area contributed by atoms with Crippen LogP contribution in [0.3, 0.4) is 0 Å². The molecule has 0 saturated carbocycles. The van der Waals surface area contributed by atoms with Gasteiger partial charge in [-0.2, -0.15) is 4.98 Å². The maximum atomic E-state index is 15.2. The summed E-state index contributed by atoms with van der Waals surface area (Å²) in [7, 11) is -3.05. The zero-order valence-electron chi connectivity index (χ0n) is 29.1. The van der Waals surface area contributed by atoms with Gasteiger partial charge in [-0.05, 0) is 81.3 Å². The number of urea groups is 1. The summed E-state index contributed by atoms with van der Waals surface area (Å²) in [6.07, 6.45) is 6.82. The molecule has 11 nitrogen and oxygen atoms in total. The van der Waals surface area contributed by atoms with Gasteiger partial charge in [-0.25, -0.2) is 18.2 Å². The molecule has 1 fully saturated rings. The molecule has 2 atom stereocenters. The highest BCUT2D eigenvalue weighted by Gasteiger charge is 2.60. The predicted octanol–water partition coefficient (Wildman–Crippen LogP) is 6.31. The summed E-state index contributed by atoms with van der Waals surface area (Å²) in [4.78, 5) is 40.1. The highest BCUT2D eigenvalue weighted by atomic mass is 35.5. The standard InChI is InChI=1S/C37H41Cl2N7O4S/c1-5-50-34-31(25-41-32(42-34)26-8-6-17-40-24-26)33-43-36(2,27-9-13-29(38)14-10-27)37(3,28-11-15-30(39)16-12-28)46(33)35(47)45-21-19-44(20-22-45)18-7-23-51(4,48)49/h6,8-17,24-25H,5,7,18-23H2,1-4H3/t36-,37-/m0/s1. The highest BCUT2D eigenvalue weighted by Crippen LogP contribution is 2.54. The van der Waals surface area contributed by atoms with Crippen molar-refractivity contribution in [1.29, 1.82) is 0 Å². The van der Waals surface area contributed by atoms with Crippen LogP contribution in [0.15, 0.2) is 84.2 Å². The molecule has 6 rings (SSSR count). The topological polar surface area (TPSA) is 121 Å². The maximum absolute atomic E-state index is 15.2. The van der Waals surface area contributed by atoms with E-state index in [0.717, 1.165) is 16.7 Å². The van der Waals surface area contributed by atoms with Crippen LogP contribution in [0.4, 0.5) is 4.79 Å². The lowest BCUT2D eigenvalue weighted by molar-refractivity contribution is 0.0868. The SMILES string of the molecule is CCOc1nc(-c2cccnc2)ncc1C1=N[C@@](C)(c2ccc(Cl)cc2)[C@](C)(c2ccc(Cl)cc2)N1C(=O)N1CCN(CCCS(C)(=O)=O)CC1. The molecule has 51 heavy (non-hydrogen) atoms. The first-order chi connectivity index (χ1) is 24.3. The number of halogens is 2. The fraction of sp³-hybridized carbons (Fsp3) is 0.378. The third-order valence-corrected chi connectivity index (χ3v) is 11.3. The molecule has 0 aliphatic carbocycles. The number of hydrogen-bond donors (Lipinski definition) is 0. The van der Waals surface area contributed by atoms with Crippen LogP contribution in [0.1, 0.15) is 43.9 Å². The Morgan fingerprint density at radius 3 is 2.16 bits per heavy atom. The van der Waals surface area contributed by atoms with Crippen molar-refractivity contribution in [2.75, 3.05) is 51.3 Å². The molecule has 4 aromatic rings. The average Bonchev–Trinajstić information content (AvgIpc) is 3.36. The van der Waals surface area contributed by atoms with Gasteiger partial charge in [0.25, 0.3) is 0 Å². The smallest absolute Gasteiger partial charge is 0.326 e. The molecule has 0 spiro atoms. The van der Waals surface area contributed by atoms with E-state index in [9.17, 15) is 8.42 Å². The lowest BCUT2D eigenvalue weighted by Gasteiger charge is -2.47. The molecule has 4 heterocycles. The summed E-state index contributed by atoms with van der Waals surface area (Å²) < 4.78 is 29.6. The second-order valence-electron chi connectivity index (χ2n) is 13.1. The summed E-state index contributed by atoms with van der Waals surface area (Å²) in [5.74, 6) is 1.22. The highest BCUT2D eigenvalue weighted by molar-refractivity contribution is 7.90. The second-order valence-corrected chi connectivity index (χ2v) is 16.2. The van der Waals surface area contributed by atoms with Gasteiger partial charge in [0.2, 0.25) is 5.88 Å². The van der Waals surface area contributed by atoms with Crippen molar-refractivity contribution >= 4 is 44.9 Å². The number of amidine groups is 1. The minimum Gasteiger partial charge on any atom is -0.477 e. The van der Waals surface area contributed by atoms with E-state index >= 15 is 4.79 Å². The van der Waals surface area contributed by atoms with Gasteiger partial charge in [0.1, 0.15) is 26.8 Å². The molecule has 2 aliphatic heterocycles. The zero-order valence-corrected chi connectivity index (χ0v) is 31.4. The van der Waals surface area contributed by atoms with Crippen LogP contribution in [-0.2, 0) is 20.9 Å². The quantitative estimate of drug-likeness (QED) is 0.185.